The van der Waals surface area contributed by atoms with Crippen molar-refractivity contribution in [3.63, 3.8) is 0 Å². The van der Waals surface area contributed by atoms with Gasteiger partial charge >= 0.3 is 11.9 Å². The molecule has 1 saturated heterocycles. The molecule has 0 saturated carbocycles. The molecule has 0 bridgehead atoms. The number of benzene rings is 1. The summed E-state index contributed by atoms with van der Waals surface area (Å²) in [4.78, 5) is 36.3. The van der Waals surface area contributed by atoms with Gasteiger partial charge in [0.25, 0.3) is 0 Å². The summed E-state index contributed by atoms with van der Waals surface area (Å²) >= 11 is 0. The van der Waals surface area contributed by atoms with Crippen molar-refractivity contribution in [2.24, 2.45) is 5.92 Å². The van der Waals surface area contributed by atoms with Crippen LogP contribution in [0, 0.1) is 5.92 Å². The van der Waals surface area contributed by atoms with E-state index in [0.717, 1.165) is 5.56 Å². The van der Waals surface area contributed by atoms with Crippen molar-refractivity contribution in [2.75, 3.05) is 6.61 Å². The molecular formula is C19H26N2O5. The van der Waals surface area contributed by atoms with Crippen LogP contribution in [0.4, 0.5) is 0 Å². The third-order valence-corrected chi connectivity index (χ3v) is 3.94. The predicted molar refractivity (Wildman–Crippen MR) is 95.0 cm³/mol. The molecule has 0 spiro atoms. The highest BCUT2D eigenvalue weighted by Crippen LogP contribution is 2.15. The van der Waals surface area contributed by atoms with E-state index in [9.17, 15) is 14.4 Å². The zero-order chi connectivity index (χ0) is 19.1. The standard InChI is InChI=1S/C19H26N2O5/c1-4-25-19(24)16-15(21-16)17(22)20-14(10-12(2)3)18(23)26-11-13-8-6-5-7-9-13/h5-9,12,14-16,21H,4,10-11H2,1-3H3,(H,20,22)/t14-,15-,16-/m0/s1. The molecule has 7 heteroatoms. The Labute approximate surface area is 153 Å². The highest BCUT2D eigenvalue weighted by Gasteiger charge is 2.49. The molecule has 1 heterocycles. The molecule has 3 atom stereocenters. The second-order valence-electron chi connectivity index (χ2n) is 6.66. The summed E-state index contributed by atoms with van der Waals surface area (Å²) < 4.78 is 10.2. The lowest BCUT2D eigenvalue weighted by atomic mass is 10.0. The molecule has 1 aromatic carbocycles. The molecule has 2 rings (SSSR count). The van der Waals surface area contributed by atoms with Crippen LogP contribution in [0.2, 0.25) is 0 Å². The number of rotatable bonds is 9. The van der Waals surface area contributed by atoms with E-state index < -0.39 is 36.0 Å². The molecule has 0 aliphatic carbocycles. The Morgan fingerprint density at radius 3 is 2.42 bits per heavy atom. The zero-order valence-electron chi connectivity index (χ0n) is 15.4. The van der Waals surface area contributed by atoms with E-state index in [4.69, 9.17) is 9.47 Å². The van der Waals surface area contributed by atoms with Gasteiger partial charge in [-0.05, 0) is 24.8 Å². The van der Waals surface area contributed by atoms with E-state index in [-0.39, 0.29) is 19.1 Å². The third kappa shape index (κ3) is 5.84. The zero-order valence-corrected chi connectivity index (χ0v) is 15.4. The monoisotopic (exact) mass is 362 g/mol. The van der Waals surface area contributed by atoms with Gasteiger partial charge in [0.2, 0.25) is 5.91 Å². The highest BCUT2D eigenvalue weighted by molar-refractivity contribution is 5.97. The minimum atomic E-state index is -0.753. The number of carbonyl (C=O) groups is 3. The summed E-state index contributed by atoms with van der Waals surface area (Å²) in [5.41, 5.74) is 0.877. The van der Waals surface area contributed by atoms with Gasteiger partial charge in [-0.2, -0.15) is 0 Å². The van der Waals surface area contributed by atoms with E-state index in [1.807, 2.05) is 44.2 Å². The van der Waals surface area contributed by atoms with Crippen LogP contribution in [0.5, 0.6) is 0 Å². The quantitative estimate of drug-likeness (QED) is 0.505. The molecule has 0 aromatic heterocycles. The average molecular weight is 362 g/mol. The first-order valence-corrected chi connectivity index (χ1v) is 8.86. The first-order valence-electron chi connectivity index (χ1n) is 8.86. The fraction of sp³-hybridized carbons (Fsp3) is 0.526. The topological polar surface area (TPSA) is 104 Å². The lowest BCUT2D eigenvalue weighted by Crippen LogP contribution is -2.45. The van der Waals surface area contributed by atoms with Gasteiger partial charge in [-0.1, -0.05) is 44.2 Å². The van der Waals surface area contributed by atoms with Crippen molar-refractivity contribution >= 4 is 17.8 Å². The summed E-state index contributed by atoms with van der Waals surface area (Å²) in [5.74, 6) is -1.15. The Morgan fingerprint density at radius 2 is 1.81 bits per heavy atom. The Balaban J connectivity index is 1.89. The molecule has 1 fully saturated rings. The van der Waals surface area contributed by atoms with Gasteiger partial charge in [0, 0.05) is 0 Å². The summed E-state index contributed by atoms with van der Waals surface area (Å²) in [6.45, 7) is 6.03. The normalized spacial score (nSPS) is 19.5. The first-order chi connectivity index (χ1) is 12.4. The number of hydrogen-bond donors (Lipinski definition) is 2. The van der Waals surface area contributed by atoms with Crippen molar-refractivity contribution in [3.05, 3.63) is 35.9 Å². The van der Waals surface area contributed by atoms with Crippen molar-refractivity contribution in [1.82, 2.24) is 10.6 Å². The third-order valence-electron chi connectivity index (χ3n) is 3.94. The molecule has 1 aliphatic rings. The van der Waals surface area contributed by atoms with Gasteiger partial charge in [-0.25, -0.2) is 4.79 Å². The van der Waals surface area contributed by atoms with Crippen LogP contribution in [0.3, 0.4) is 0 Å². The molecule has 2 N–H and O–H groups in total. The number of amides is 1. The van der Waals surface area contributed by atoms with Gasteiger partial charge in [0.05, 0.1) is 6.61 Å². The number of hydrogen-bond acceptors (Lipinski definition) is 6. The predicted octanol–water partition coefficient (Wildman–Crippen LogP) is 1.16. The number of carbonyl (C=O) groups excluding carboxylic acids is 3. The first kappa shape index (κ1) is 19.9. The lowest BCUT2D eigenvalue weighted by molar-refractivity contribution is -0.149. The van der Waals surface area contributed by atoms with E-state index in [0.29, 0.717) is 6.42 Å². The summed E-state index contributed by atoms with van der Waals surface area (Å²) in [6.07, 6.45) is 0.455. The molecule has 1 aromatic rings. The molecule has 26 heavy (non-hydrogen) atoms. The Kier molecular flexibility index (Phi) is 7.15. The molecule has 0 unspecified atom stereocenters. The van der Waals surface area contributed by atoms with Gasteiger partial charge in [-0.3, -0.25) is 14.9 Å². The maximum atomic E-state index is 12.4. The summed E-state index contributed by atoms with van der Waals surface area (Å²) in [5, 5.41) is 5.46. The van der Waals surface area contributed by atoms with Gasteiger partial charge < -0.3 is 14.8 Å². The van der Waals surface area contributed by atoms with E-state index in [1.54, 1.807) is 6.92 Å². The average Bonchev–Trinajstić information content (AvgIpc) is 3.41. The molecule has 142 valence electrons. The number of nitrogens with one attached hydrogen (secondary N) is 2. The van der Waals surface area contributed by atoms with Crippen molar-refractivity contribution in [1.29, 1.82) is 0 Å². The van der Waals surface area contributed by atoms with Crippen molar-refractivity contribution < 1.29 is 23.9 Å². The lowest BCUT2D eigenvalue weighted by Gasteiger charge is -2.19. The maximum Gasteiger partial charge on any atom is 0.328 e. The fourth-order valence-corrected chi connectivity index (χ4v) is 2.58. The van der Waals surface area contributed by atoms with Crippen LogP contribution in [-0.4, -0.2) is 42.6 Å². The Bertz CT molecular complexity index is 632. The second kappa shape index (κ2) is 9.33. The highest BCUT2D eigenvalue weighted by atomic mass is 16.5. The van der Waals surface area contributed by atoms with Crippen LogP contribution in [0.1, 0.15) is 32.8 Å². The second-order valence-corrected chi connectivity index (χ2v) is 6.66. The fourth-order valence-electron chi connectivity index (χ4n) is 2.58. The van der Waals surface area contributed by atoms with Crippen LogP contribution in [0.25, 0.3) is 0 Å². The minimum Gasteiger partial charge on any atom is -0.465 e. The Hall–Kier alpha value is -2.41. The van der Waals surface area contributed by atoms with Crippen LogP contribution in [-0.2, 0) is 30.5 Å². The molecular weight excluding hydrogens is 336 g/mol. The van der Waals surface area contributed by atoms with Crippen molar-refractivity contribution in [2.45, 2.75) is 51.9 Å². The molecule has 0 radical (unpaired) electrons. The SMILES string of the molecule is CCOC(=O)[C@H]1N[C@@H]1C(=O)N[C@@H](CC(C)C)C(=O)OCc1ccccc1. The van der Waals surface area contributed by atoms with E-state index >= 15 is 0 Å². The van der Waals surface area contributed by atoms with Crippen LogP contribution < -0.4 is 10.6 Å². The van der Waals surface area contributed by atoms with Gasteiger partial charge in [-0.15, -0.1) is 0 Å². The molecule has 1 aliphatic heterocycles. The molecule has 1 amide bonds. The van der Waals surface area contributed by atoms with E-state index in [2.05, 4.69) is 10.6 Å². The smallest absolute Gasteiger partial charge is 0.328 e. The molecule has 7 nitrogen and oxygen atoms in total. The Morgan fingerprint density at radius 1 is 1.12 bits per heavy atom. The van der Waals surface area contributed by atoms with Crippen LogP contribution >= 0.6 is 0 Å². The summed E-state index contributed by atoms with van der Waals surface area (Å²) in [6, 6.07) is 7.28. The van der Waals surface area contributed by atoms with Gasteiger partial charge in [0.1, 0.15) is 24.7 Å². The van der Waals surface area contributed by atoms with Gasteiger partial charge in [0.15, 0.2) is 0 Å². The van der Waals surface area contributed by atoms with Crippen molar-refractivity contribution in [3.8, 4) is 0 Å². The maximum absolute atomic E-state index is 12.4. The van der Waals surface area contributed by atoms with Crippen LogP contribution in [0.15, 0.2) is 30.3 Å². The number of ether oxygens (including phenoxy) is 2. The minimum absolute atomic E-state index is 0.150. The van der Waals surface area contributed by atoms with E-state index in [1.165, 1.54) is 0 Å². The summed E-state index contributed by atoms with van der Waals surface area (Å²) in [7, 11) is 0. The number of esters is 2. The largest absolute Gasteiger partial charge is 0.465 e.